The lowest BCUT2D eigenvalue weighted by Crippen LogP contribution is -2.43. The van der Waals surface area contributed by atoms with E-state index in [4.69, 9.17) is 4.99 Å². The maximum Gasteiger partial charge on any atom is 0.272 e. The highest BCUT2D eigenvalue weighted by Gasteiger charge is 2.33. The van der Waals surface area contributed by atoms with Crippen molar-refractivity contribution >= 4 is 17.2 Å². The Labute approximate surface area is 222 Å². The molecule has 5 heteroatoms. The molecule has 5 rings (SSSR count). The summed E-state index contributed by atoms with van der Waals surface area (Å²) in [5.74, 6) is 1.46. The average molecular weight is 504 g/mol. The van der Waals surface area contributed by atoms with Crippen LogP contribution in [0.1, 0.15) is 102 Å². The van der Waals surface area contributed by atoms with E-state index in [0.29, 0.717) is 23.1 Å². The number of carbonyl (C=O) groups excluding carboxylic acids is 1. The Morgan fingerprint density at radius 2 is 1.86 bits per heavy atom. The number of hydrogen-bond donors (Lipinski definition) is 0. The fraction of sp³-hybridized carbons (Fsp3) is 0.562. The summed E-state index contributed by atoms with van der Waals surface area (Å²) in [5, 5.41) is 0. The number of benzene rings is 1. The van der Waals surface area contributed by atoms with Gasteiger partial charge in [-0.25, -0.2) is 9.38 Å². The predicted octanol–water partition coefficient (Wildman–Crippen LogP) is 7.59. The smallest absolute Gasteiger partial charge is 0.272 e. The number of nitrogens with zero attached hydrogens (tertiary/aromatic N) is 3. The zero-order chi connectivity index (χ0) is 26.1. The zero-order valence-electron chi connectivity index (χ0n) is 23.0. The molecule has 3 fully saturated rings. The Bertz CT molecular complexity index is 1170. The lowest BCUT2D eigenvalue weighted by molar-refractivity contribution is -0.125. The summed E-state index contributed by atoms with van der Waals surface area (Å²) in [6.45, 7) is 7.14. The molecule has 1 unspecified atom stereocenters. The number of carbonyl (C=O) groups is 1. The van der Waals surface area contributed by atoms with Crippen LogP contribution in [0, 0.1) is 11.7 Å². The molecular formula is C32H42FN3O. The third-order valence-electron chi connectivity index (χ3n) is 8.91. The van der Waals surface area contributed by atoms with Gasteiger partial charge in [0.25, 0.3) is 5.91 Å². The molecule has 1 aromatic carbocycles. The third kappa shape index (κ3) is 5.32. The van der Waals surface area contributed by atoms with Crippen molar-refractivity contribution in [1.82, 2.24) is 9.80 Å². The molecule has 0 radical (unpaired) electrons. The number of allylic oxidation sites excluding steroid dienone is 4. The molecule has 1 amide bonds. The van der Waals surface area contributed by atoms with Crippen molar-refractivity contribution in [2.45, 2.75) is 96.9 Å². The average Bonchev–Trinajstić information content (AvgIpc) is 3.71. The normalized spacial score (nSPS) is 24.8. The van der Waals surface area contributed by atoms with Crippen molar-refractivity contribution in [3.8, 4) is 0 Å². The lowest BCUT2D eigenvalue weighted by Gasteiger charge is -2.37. The van der Waals surface area contributed by atoms with E-state index in [1.807, 2.05) is 42.3 Å². The maximum absolute atomic E-state index is 15.8. The van der Waals surface area contributed by atoms with Gasteiger partial charge in [-0.15, -0.1) is 0 Å². The number of aliphatic imine (C=N–C) groups is 1. The molecule has 0 N–H and O–H groups in total. The van der Waals surface area contributed by atoms with Gasteiger partial charge in [0.2, 0.25) is 0 Å². The first-order valence-electron chi connectivity index (χ1n) is 14.4. The number of likely N-dealkylation sites (tertiary alicyclic amines) is 1. The summed E-state index contributed by atoms with van der Waals surface area (Å²) in [6.07, 6.45) is 14.9. The van der Waals surface area contributed by atoms with E-state index in [1.54, 1.807) is 0 Å². The van der Waals surface area contributed by atoms with Gasteiger partial charge in [-0.3, -0.25) is 4.79 Å². The van der Waals surface area contributed by atoms with Crippen molar-refractivity contribution in [2.24, 2.45) is 10.9 Å². The highest BCUT2D eigenvalue weighted by Crippen LogP contribution is 2.43. The quantitative estimate of drug-likeness (QED) is 0.401. The fourth-order valence-electron chi connectivity index (χ4n) is 5.88. The van der Waals surface area contributed by atoms with Crippen LogP contribution < -0.4 is 0 Å². The molecule has 1 atom stereocenters. The molecule has 1 aromatic rings. The molecule has 0 aromatic heterocycles. The molecule has 37 heavy (non-hydrogen) atoms. The van der Waals surface area contributed by atoms with E-state index < -0.39 is 0 Å². The van der Waals surface area contributed by atoms with Crippen molar-refractivity contribution in [3.63, 3.8) is 0 Å². The van der Waals surface area contributed by atoms with Crippen LogP contribution in [0.25, 0.3) is 5.57 Å². The summed E-state index contributed by atoms with van der Waals surface area (Å²) < 4.78 is 15.8. The SMILES string of the molecule is CCC(C)=C(/C=C1/N=C(C(=O)N2CCCCCC2C)C=C(C2CCC2)N1C)c1cccc(C2CC2)c1F. The van der Waals surface area contributed by atoms with E-state index in [9.17, 15) is 4.79 Å². The molecule has 2 heterocycles. The molecule has 198 valence electrons. The topological polar surface area (TPSA) is 35.9 Å². The largest absolute Gasteiger partial charge is 0.335 e. The molecule has 0 bridgehead atoms. The van der Waals surface area contributed by atoms with Gasteiger partial charge in [0.05, 0.1) is 0 Å². The third-order valence-corrected chi connectivity index (χ3v) is 8.91. The molecular weight excluding hydrogens is 461 g/mol. The van der Waals surface area contributed by atoms with Crippen LogP contribution in [0.5, 0.6) is 0 Å². The van der Waals surface area contributed by atoms with Gasteiger partial charge in [0.1, 0.15) is 17.3 Å². The highest BCUT2D eigenvalue weighted by molar-refractivity contribution is 6.43. The molecule has 2 aliphatic heterocycles. The first-order valence-corrected chi connectivity index (χ1v) is 14.4. The van der Waals surface area contributed by atoms with Gasteiger partial charge in [-0.2, -0.15) is 0 Å². The summed E-state index contributed by atoms with van der Waals surface area (Å²) in [7, 11) is 2.05. The predicted molar refractivity (Wildman–Crippen MR) is 150 cm³/mol. The molecule has 4 aliphatic rings. The van der Waals surface area contributed by atoms with Crippen LogP contribution in [-0.4, -0.2) is 41.1 Å². The highest BCUT2D eigenvalue weighted by atomic mass is 19.1. The van der Waals surface area contributed by atoms with Crippen molar-refractivity contribution in [1.29, 1.82) is 0 Å². The fourth-order valence-corrected chi connectivity index (χ4v) is 5.88. The van der Waals surface area contributed by atoms with Crippen LogP contribution in [0.3, 0.4) is 0 Å². The van der Waals surface area contributed by atoms with Crippen LogP contribution in [0.2, 0.25) is 0 Å². The molecule has 2 saturated carbocycles. The second kappa shape index (κ2) is 11.0. The monoisotopic (exact) mass is 503 g/mol. The van der Waals surface area contributed by atoms with Gasteiger partial charge in [-0.05, 0) is 93.9 Å². The Balaban J connectivity index is 1.57. The van der Waals surface area contributed by atoms with Gasteiger partial charge >= 0.3 is 0 Å². The number of amides is 1. The second-order valence-electron chi connectivity index (χ2n) is 11.5. The Morgan fingerprint density at radius 1 is 1.08 bits per heavy atom. The van der Waals surface area contributed by atoms with E-state index in [2.05, 4.69) is 25.7 Å². The van der Waals surface area contributed by atoms with Crippen LogP contribution >= 0.6 is 0 Å². The van der Waals surface area contributed by atoms with Crippen molar-refractivity contribution in [2.75, 3.05) is 13.6 Å². The summed E-state index contributed by atoms with van der Waals surface area (Å²) in [4.78, 5) is 22.9. The van der Waals surface area contributed by atoms with Crippen LogP contribution in [0.15, 0.2) is 52.4 Å². The minimum absolute atomic E-state index is 0.0323. The first-order chi connectivity index (χ1) is 17.9. The minimum Gasteiger partial charge on any atom is -0.335 e. The Hall–Kier alpha value is -2.69. The maximum atomic E-state index is 15.8. The standard InChI is InChI=1S/C32H42FN3O/c1-5-21(2)27(26-15-10-14-25(31(26)33)23-16-17-23)19-30-34-28(20-29(35(30)4)24-12-9-13-24)32(37)36-18-8-6-7-11-22(36)3/h10,14-15,19-20,22-24H,5-9,11-13,16-18H2,1-4H3/b27-21?,30-19-. The van der Waals surface area contributed by atoms with E-state index in [1.165, 1.54) is 25.0 Å². The molecule has 1 saturated heterocycles. The molecule has 4 nitrogen and oxygen atoms in total. The van der Waals surface area contributed by atoms with Gasteiger partial charge in [0, 0.05) is 30.9 Å². The number of hydrogen-bond acceptors (Lipinski definition) is 3. The minimum atomic E-state index is -0.100. The molecule has 0 spiro atoms. The number of rotatable bonds is 6. The zero-order valence-corrected chi connectivity index (χ0v) is 23.0. The van der Waals surface area contributed by atoms with E-state index in [-0.39, 0.29) is 17.8 Å². The molecule has 2 aliphatic carbocycles. The van der Waals surface area contributed by atoms with E-state index in [0.717, 1.165) is 74.0 Å². The van der Waals surface area contributed by atoms with Crippen molar-refractivity contribution in [3.05, 3.63) is 64.4 Å². The van der Waals surface area contributed by atoms with Crippen LogP contribution in [-0.2, 0) is 4.79 Å². The summed E-state index contributed by atoms with van der Waals surface area (Å²) >= 11 is 0. The lowest BCUT2D eigenvalue weighted by atomic mass is 9.81. The summed E-state index contributed by atoms with van der Waals surface area (Å²) in [6, 6.07) is 6.04. The second-order valence-corrected chi connectivity index (χ2v) is 11.5. The Morgan fingerprint density at radius 3 is 2.54 bits per heavy atom. The number of halogens is 1. The summed E-state index contributed by atoms with van der Waals surface area (Å²) in [5.41, 5.74) is 5.18. The van der Waals surface area contributed by atoms with Gasteiger partial charge in [-0.1, -0.05) is 50.0 Å². The van der Waals surface area contributed by atoms with Gasteiger partial charge < -0.3 is 9.80 Å². The van der Waals surface area contributed by atoms with Crippen LogP contribution in [0.4, 0.5) is 4.39 Å². The van der Waals surface area contributed by atoms with Gasteiger partial charge in [0.15, 0.2) is 0 Å². The van der Waals surface area contributed by atoms with E-state index >= 15 is 4.39 Å². The van der Waals surface area contributed by atoms with Crippen molar-refractivity contribution < 1.29 is 9.18 Å². The first kappa shape index (κ1) is 25.9. The Kier molecular flexibility index (Phi) is 7.69.